The number of hydrogen-bond donors (Lipinski definition) is 14. The normalized spacial score (nSPS) is 17.2. The number of amides is 7. The van der Waals surface area contributed by atoms with Crippen LogP contribution in [0, 0.1) is 21.3 Å². The molecular weight excluding hydrogens is 1470 g/mol. The molecular formula is C71H100IN11O21. The lowest BCUT2D eigenvalue weighted by molar-refractivity contribution is -0.143. The van der Waals surface area contributed by atoms with Gasteiger partial charge in [0.15, 0.2) is 0 Å². The molecule has 104 heavy (non-hydrogen) atoms. The number of rotatable bonds is 44. The van der Waals surface area contributed by atoms with Gasteiger partial charge in [-0.05, 0) is 159 Å². The predicted molar refractivity (Wildman–Crippen MR) is 386 cm³/mol. The fraction of sp³-hybridized carbons (Fsp3) is 0.577. The molecule has 572 valence electrons. The molecule has 14 N–H and O–H groups in total. The minimum atomic E-state index is -1.58. The van der Waals surface area contributed by atoms with Crippen LogP contribution in [0.5, 0.6) is 0 Å². The predicted octanol–water partition coefficient (Wildman–Crippen LogP) is 2.46. The van der Waals surface area contributed by atoms with Gasteiger partial charge in [0.25, 0.3) is 0 Å². The van der Waals surface area contributed by atoms with Gasteiger partial charge < -0.3 is 73.0 Å². The van der Waals surface area contributed by atoms with Crippen molar-refractivity contribution in [1.29, 1.82) is 0 Å². The highest BCUT2D eigenvalue weighted by Crippen LogP contribution is 2.32. The van der Waals surface area contributed by atoms with Crippen LogP contribution >= 0.6 is 22.6 Å². The molecule has 0 spiro atoms. The maximum Gasteiger partial charge on any atom is 0.326 e. The summed E-state index contributed by atoms with van der Waals surface area (Å²) in [6, 6.07) is 14.4. The van der Waals surface area contributed by atoms with E-state index < -0.39 is 140 Å². The Balaban J connectivity index is 1.19. The summed E-state index contributed by atoms with van der Waals surface area (Å²) in [5.74, 6) is -13.0. The molecule has 3 aromatic rings. The zero-order valence-electron chi connectivity index (χ0n) is 58.4. The molecule has 1 saturated carbocycles. The summed E-state index contributed by atoms with van der Waals surface area (Å²) < 4.78 is 1.10. The summed E-state index contributed by atoms with van der Waals surface area (Å²) in [6.45, 7) is -0.163. The van der Waals surface area contributed by atoms with E-state index >= 15 is 0 Å². The van der Waals surface area contributed by atoms with Crippen molar-refractivity contribution in [3.8, 4) is 0 Å². The van der Waals surface area contributed by atoms with E-state index in [0.29, 0.717) is 44.9 Å². The summed E-state index contributed by atoms with van der Waals surface area (Å²) in [5.41, 5.74) is 1.93. The number of carboxylic acid groups (broad SMARTS) is 7. The van der Waals surface area contributed by atoms with E-state index in [1.165, 1.54) is 0 Å². The van der Waals surface area contributed by atoms with E-state index in [1.54, 1.807) is 19.6 Å². The topological polar surface area (TPSA) is 478 Å². The third-order valence-corrected chi connectivity index (χ3v) is 19.1. The van der Waals surface area contributed by atoms with Crippen molar-refractivity contribution < 1.29 is 103 Å². The van der Waals surface area contributed by atoms with E-state index in [2.05, 4.69) is 59.8 Å². The lowest BCUT2D eigenvalue weighted by atomic mass is 9.77. The molecule has 33 heteroatoms. The molecule has 0 radical (unpaired) electrons. The Labute approximate surface area is 616 Å². The van der Waals surface area contributed by atoms with Crippen molar-refractivity contribution in [3.05, 3.63) is 81.4 Å². The van der Waals surface area contributed by atoms with Crippen LogP contribution < -0.4 is 37.2 Å². The lowest BCUT2D eigenvalue weighted by Crippen LogP contribution is -2.54. The number of carbonyl (C=O) groups is 14. The van der Waals surface area contributed by atoms with Gasteiger partial charge in [-0.15, -0.1) is 0 Å². The molecule has 0 bridgehead atoms. The Morgan fingerprint density at radius 2 is 0.913 bits per heavy atom. The summed E-state index contributed by atoms with van der Waals surface area (Å²) in [7, 11) is 0. The molecule has 5 unspecified atom stereocenters. The highest BCUT2D eigenvalue weighted by Gasteiger charge is 2.33. The third kappa shape index (κ3) is 34.1. The van der Waals surface area contributed by atoms with Crippen molar-refractivity contribution in [2.45, 2.75) is 146 Å². The Bertz CT molecular complexity index is 3360. The fourth-order valence-electron chi connectivity index (χ4n) is 12.5. The van der Waals surface area contributed by atoms with Crippen LogP contribution in [0.3, 0.4) is 0 Å². The van der Waals surface area contributed by atoms with E-state index in [9.17, 15) is 97.8 Å². The first kappa shape index (κ1) is 85.7. The zero-order valence-corrected chi connectivity index (χ0v) is 60.6. The van der Waals surface area contributed by atoms with E-state index in [0.717, 1.165) is 31.9 Å². The minimum Gasteiger partial charge on any atom is -0.481 e. The second-order valence-corrected chi connectivity index (χ2v) is 27.8. The van der Waals surface area contributed by atoms with Crippen molar-refractivity contribution >= 4 is 116 Å². The molecule has 1 aliphatic carbocycles. The average Bonchev–Trinajstić information content (AvgIpc) is 0.835. The zero-order chi connectivity index (χ0) is 76.1. The number of fused-ring (bicyclic) bond motifs is 1. The number of halogens is 1. The number of aryl methyl sites for hydroxylation is 1. The minimum absolute atomic E-state index is 0.0451. The quantitative estimate of drug-likeness (QED) is 0.0286. The van der Waals surface area contributed by atoms with Crippen molar-refractivity contribution in [2.24, 2.45) is 17.8 Å². The Kier molecular flexibility index (Phi) is 37.9. The molecule has 5 atom stereocenters. The first-order valence-corrected chi connectivity index (χ1v) is 36.3. The molecule has 5 rings (SSSR count). The van der Waals surface area contributed by atoms with Crippen molar-refractivity contribution in [3.63, 3.8) is 0 Å². The maximum absolute atomic E-state index is 14.2. The van der Waals surface area contributed by atoms with Gasteiger partial charge in [0, 0.05) is 113 Å². The van der Waals surface area contributed by atoms with Gasteiger partial charge in [0.1, 0.15) is 30.0 Å². The largest absolute Gasteiger partial charge is 0.481 e. The number of nitrogens with one attached hydrogen (secondary N) is 7. The summed E-state index contributed by atoms with van der Waals surface area (Å²) in [6.07, 6.45) is 3.19. The summed E-state index contributed by atoms with van der Waals surface area (Å²) >= 11 is 2.22. The first-order valence-electron chi connectivity index (χ1n) is 35.3. The second kappa shape index (κ2) is 46.0. The number of benzene rings is 3. The molecule has 1 heterocycles. The molecule has 1 saturated heterocycles. The number of Topliss-reactive ketones (excluding diaryl/α,β-unsaturated/α-hetero) is 1. The van der Waals surface area contributed by atoms with Crippen molar-refractivity contribution in [2.75, 3.05) is 98.2 Å². The van der Waals surface area contributed by atoms with Gasteiger partial charge >= 0.3 is 47.8 Å². The van der Waals surface area contributed by atoms with Crippen LogP contribution in [0.25, 0.3) is 10.8 Å². The van der Waals surface area contributed by atoms with Crippen LogP contribution in [-0.4, -0.2) is 261 Å². The molecule has 2 aliphatic rings. The van der Waals surface area contributed by atoms with Gasteiger partial charge in [-0.25, -0.2) is 19.2 Å². The first-order chi connectivity index (χ1) is 49.6. The SMILES string of the molecule is O=C(O)CCC(NC(=O)NC(CCCCNC(=O)C(CC(=O)C1CCC(CNC(=O)CCC(NC(=O)CN2CCN(CC(=O)O)CCN(CC(=O)O)CCN(CC(=O)O)CC2)C(=O)NC(CCCCNC(=O)CCCc2ccc(I)cc2)C(=O)O)CC1)Cc1ccc2ccccc2c1)C(=O)O)C(=O)O. The molecule has 32 nitrogen and oxygen atoms in total. The van der Waals surface area contributed by atoms with E-state index in [4.69, 9.17) is 5.11 Å². The van der Waals surface area contributed by atoms with Gasteiger partial charge in [-0.2, -0.15) is 0 Å². The van der Waals surface area contributed by atoms with Crippen LogP contribution in [0.2, 0.25) is 0 Å². The van der Waals surface area contributed by atoms with Gasteiger partial charge in [0.05, 0.1) is 26.2 Å². The number of aliphatic carboxylic acids is 7. The van der Waals surface area contributed by atoms with Crippen LogP contribution in [0.1, 0.15) is 120 Å². The van der Waals surface area contributed by atoms with Crippen LogP contribution in [0.4, 0.5) is 4.79 Å². The number of hydrogen-bond acceptors (Lipinski definition) is 18. The van der Waals surface area contributed by atoms with Gasteiger partial charge in [0.2, 0.25) is 29.5 Å². The highest BCUT2D eigenvalue weighted by molar-refractivity contribution is 14.1. The molecule has 0 aromatic heterocycles. The van der Waals surface area contributed by atoms with E-state index in [1.807, 2.05) is 66.7 Å². The number of carboxylic acids is 7. The second-order valence-electron chi connectivity index (χ2n) is 26.6. The number of carbonyl (C=O) groups excluding carboxylic acids is 7. The molecule has 3 aromatic carbocycles. The fourth-order valence-corrected chi connectivity index (χ4v) is 12.9. The Morgan fingerprint density at radius 3 is 1.44 bits per heavy atom. The number of unbranched alkanes of at least 4 members (excludes halogenated alkanes) is 2. The number of nitrogens with zero attached hydrogens (tertiary/aromatic N) is 4. The highest BCUT2D eigenvalue weighted by atomic mass is 127. The van der Waals surface area contributed by atoms with Gasteiger partial charge in [-0.1, -0.05) is 54.6 Å². The average molecular weight is 1570 g/mol. The number of urea groups is 1. The van der Waals surface area contributed by atoms with Gasteiger partial charge in [-0.3, -0.25) is 67.5 Å². The van der Waals surface area contributed by atoms with Crippen LogP contribution in [-0.2, 0) is 75.2 Å². The maximum atomic E-state index is 14.2. The standard InChI is InChI=1S/C71H100IN11O21/c72-53-22-17-46(18-23-53)8-7-13-59(85)73-28-5-3-11-55(68(98)99)77-67(97)54(76-61(87)42-80-30-32-81(43-63(90)91)34-36-83(45-65(94)95)37-35-82(33-31-80)44-64(92)93)24-26-60(86)75-41-47-14-20-50(21-15-47)58(84)40-52(39-48-16-19-49-9-1-2-10-51(49)38-48)66(96)74-29-6-4-12-56(69(100)101)78-71(104)79-57(70(102)103)25-27-62(88)89/h1-2,9-10,16-19,22-23,38,47,50,52,54-57H,3-8,11-15,20-21,24-37,39-45H2,(H,73,85)(H,74,96)(H,75,86)(H,76,87)(H,77,97)(H,88,89)(H,90,91)(H,92,93)(H,94,95)(H,98,99)(H,100,101)(H,102,103)(H2,78,79,104). The lowest BCUT2D eigenvalue weighted by Gasteiger charge is -2.33. The molecule has 2 fully saturated rings. The van der Waals surface area contributed by atoms with Crippen molar-refractivity contribution in [1.82, 2.24) is 56.8 Å². The third-order valence-electron chi connectivity index (χ3n) is 18.4. The van der Waals surface area contributed by atoms with Crippen LogP contribution in [0.15, 0.2) is 66.7 Å². The number of ketones is 1. The summed E-state index contributed by atoms with van der Waals surface area (Å²) in [4.78, 5) is 184. The summed E-state index contributed by atoms with van der Waals surface area (Å²) in [5, 5.41) is 87.5. The monoisotopic (exact) mass is 1570 g/mol. The Morgan fingerprint density at radius 1 is 0.433 bits per heavy atom. The Hall–Kier alpha value is -8.93. The molecule has 7 amide bonds. The molecule has 1 aliphatic heterocycles. The van der Waals surface area contributed by atoms with E-state index in [-0.39, 0.29) is 154 Å². The smallest absolute Gasteiger partial charge is 0.326 e.